The van der Waals surface area contributed by atoms with Crippen LogP contribution in [-0.2, 0) is 0 Å². The molecule has 1 heterocycles. The molecule has 0 radical (unpaired) electrons. The second kappa shape index (κ2) is 5.41. The highest BCUT2D eigenvalue weighted by Gasteiger charge is 2.30. The summed E-state index contributed by atoms with van der Waals surface area (Å²) < 4.78 is 18.4. The minimum absolute atomic E-state index is 0.0131. The molecule has 2 atom stereocenters. The number of rotatable bonds is 4. The number of nitrogens with zero attached hydrogens (tertiary/aromatic N) is 4. The van der Waals surface area contributed by atoms with Gasteiger partial charge in [0.2, 0.25) is 11.8 Å². The fourth-order valence-electron chi connectivity index (χ4n) is 2.10. The van der Waals surface area contributed by atoms with E-state index in [9.17, 15) is 9.50 Å². The van der Waals surface area contributed by atoms with Crippen molar-refractivity contribution in [2.75, 3.05) is 24.8 Å². The third kappa shape index (κ3) is 2.42. The number of anilines is 2. The summed E-state index contributed by atoms with van der Waals surface area (Å²) >= 11 is 0. The van der Waals surface area contributed by atoms with Crippen molar-refractivity contribution in [3.05, 3.63) is 11.9 Å². The molecule has 8 heteroatoms. The van der Waals surface area contributed by atoms with E-state index >= 15 is 0 Å². The molecule has 0 spiro atoms. The Kier molecular flexibility index (Phi) is 3.84. The Hall–Kier alpha value is -2.22. The molecule has 1 aliphatic rings. The minimum Gasteiger partial charge on any atom is -0.479 e. The van der Waals surface area contributed by atoms with Crippen molar-refractivity contribution >= 4 is 24.2 Å². The summed E-state index contributed by atoms with van der Waals surface area (Å²) in [4.78, 5) is 13.5. The number of nitrogens with two attached hydrogens (primary N) is 1. The van der Waals surface area contributed by atoms with Gasteiger partial charge in [-0.15, -0.1) is 0 Å². The zero-order chi connectivity index (χ0) is 14.9. The van der Waals surface area contributed by atoms with Crippen LogP contribution in [0.15, 0.2) is 16.9 Å². The Labute approximate surface area is 115 Å². The molecule has 1 aliphatic carbocycles. The average Bonchev–Trinajstić information content (AvgIpc) is 2.76. The molecule has 0 unspecified atom stereocenters. The minimum atomic E-state index is -1.09. The van der Waals surface area contributed by atoms with Crippen molar-refractivity contribution in [2.24, 2.45) is 4.99 Å². The fourth-order valence-corrected chi connectivity index (χ4v) is 2.10. The average molecular weight is 281 g/mol. The van der Waals surface area contributed by atoms with E-state index in [1.165, 1.54) is 13.2 Å². The maximum Gasteiger partial charge on any atom is 0.246 e. The van der Waals surface area contributed by atoms with Crippen LogP contribution in [0.5, 0.6) is 5.88 Å². The lowest BCUT2D eigenvalue weighted by Crippen LogP contribution is -2.30. The van der Waals surface area contributed by atoms with Crippen LogP contribution in [0.1, 0.15) is 6.42 Å². The number of aromatic nitrogens is 2. The van der Waals surface area contributed by atoms with Crippen molar-refractivity contribution in [1.82, 2.24) is 9.97 Å². The lowest BCUT2D eigenvalue weighted by Gasteiger charge is -2.25. The zero-order valence-corrected chi connectivity index (χ0v) is 11.2. The molecule has 1 aromatic rings. The Morgan fingerprint density at radius 1 is 1.60 bits per heavy atom. The Bertz CT molecular complexity index is 563. The van der Waals surface area contributed by atoms with E-state index in [0.29, 0.717) is 11.5 Å². The van der Waals surface area contributed by atoms with Gasteiger partial charge in [-0.2, -0.15) is 9.97 Å². The van der Waals surface area contributed by atoms with Crippen molar-refractivity contribution in [3.63, 3.8) is 0 Å². The number of aliphatic imine (C=N–C) groups is 1. The maximum atomic E-state index is 13.3. The first-order valence-corrected chi connectivity index (χ1v) is 5.94. The number of methoxy groups -OCH3 is 1. The Morgan fingerprint density at radius 3 is 2.80 bits per heavy atom. The summed E-state index contributed by atoms with van der Waals surface area (Å²) in [7, 11) is 3.13. The van der Waals surface area contributed by atoms with E-state index in [-0.39, 0.29) is 24.3 Å². The number of halogens is 1. The molecule has 7 nitrogen and oxygen atoms in total. The molecule has 0 aliphatic heterocycles. The second-order valence-electron chi connectivity index (χ2n) is 4.40. The van der Waals surface area contributed by atoms with E-state index in [4.69, 9.17) is 10.5 Å². The van der Waals surface area contributed by atoms with Crippen LogP contribution < -0.4 is 15.4 Å². The molecule has 0 aromatic carbocycles. The lowest BCUT2D eigenvalue weighted by atomic mass is 10.2. The molecule has 0 saturated carbocycles. The van der Waals surface area contributed by atoms with E-state index in [1.807, 2.05) is 0 Å². The molecule has 0 fully saturated rings. The molecule has 3 N–H and O–H groups in total. The molecule has 0 saturated heterocycles. The summed E-state index contributed by atoms with van der Waals surface area (Å²) in [5.41, 5.74) is 5.94. The third-order valence-electron chi connectivity index (χ3n) is 3.17. The number of nitrogen functional groups attached to an aromatic ring is 1. The van der Waals surface area contributed by atoms with Crippen molar-refractivity contribution < 1.29 is 14.2 Å². The van der Waals surface area contributed by atoms with Crippen molar-refractivity contribution in [3.8, 4) is 5.88 Å². The van der Waals surface area contributed by atoms with Gasteiger partial charge in [-0.1, -0.05) is 0 Å². The summed E-state index contributed by atoms with van der Waals surface area (Å²) in [6.07, 6.45) is 0.469. The summed E-state index contributed by atoms with van der Waals surface area (Å²) in [6.45, 7) is 3.45. The van der Waals surface area contributed by atoms with Crippen molar-refractivity contribution in [1.29, 1.82) is 0 Å². The number of hydrogen-bond acceptors (Lipinski definition) is 7. The topological polar surface area (TPSA) is 96.9 Å². The van der Waals surface area contributed by atoms with Gasteiger partial charge in [-0.05, 0) is 12.8 Å². The van der Waals surface area contributed by atoms with Crippen LogP contribution in [0.2, 0.25) is 0 Å². The monoisotopic (exact) mass is 281 g/mol. The molecule has 0 bridgehead atoms. The molecule has 1 aromatic heterocycles. The van der Waals surface area contributed by atoms with Crippen LogP contribution >= 0.6 is 0 Å². The molecule has 2 rings (SSSR count). The van der Waals surface area contributed by atoms with Crippen molar-refractivity contribution in [2.45, 2.75) is 18.6 Å². The summed E-state index contributed by atoms with van der Waals surface area (Å²) in [6, 6.07) is -0.357. The van der Waals surface area contributed by atoms with Gasteiger partial charge in [0.1, 0.15) is 11.9 Å². The molecule has 20 heavy (non-hydrogen) atoms. The smallest absolute Gasteiger partial charge is 0.246 e. The van der Waals surface area contributed by atoms with Crippen LogP contribution in [0.25, 0.3) is 0 Å². The van der Waals surface area contributed by atoms with Crippen LogP contribution in [0.3, 0.4) is 0 Å². The van der Waals surface area contributed by atoms with Crippen LogP contribution in [-0.4, -0.2) is 48.1 Å². The highest BCUT2D eigenvalue weighted by molar-refractivity contribution is 5.71. The predicted octanol–water partition coefficient (Wildman–Crippen LogP) is 0.822. The standard InChI is InChI=1S/C12H16FN5O2/c1-15-9-10(16-12(14)17-11(9)20-3)18(2)6-4-7(13)8(19)5-6/h4,6,8,19H,1,5H2,2-3H3,(H2,14,16,17)/t6-,8+/m1/s1. The first-order valence-electron chi connectivity index (χ1n) is 5.94. The third-order valence-corrected chi connectivity index (χ3v) is 3.17. The number of aliphatic hydroxyl groups excluding tert-OH is 1. The summed E-state index contributed by atoms with van der Waals surface area (Å²) in [5.74, 6) is 0.0212. The molecular weight excluding hydrogens is 265 g/mol. The van der Waals surface area contributed by atoms with E-state index in [1.54, 1.807) is 11.9 Å². The van der Waals surface area contributed by atoms with Crippen LogP contribution in [0, 0.1) is 0 Å². The van der Waals surface area contributed by atoms with Gasteiger partial charge in [-0.3, -0.25) is 4.99 Å². The zero-order valence-electron chi connectivity index (χ0n) is 11.2. The number of ether oxygens (including phenoxy) is 1. The molecule has 0 amide bonds. The van der Waals surface area contributed by atoms with E-state index in [0.717, 1.165) is 0 Å². The SMILES string of the molecule is C=Nc1c(OC)nc(N)nc1N(C)[C@@H]1C=C(F)[C@@H](O)C1. The Balaban J connectivity index is 2.42. The van der Waals surface area contributed by atoms with Gasteiger partial charge in [0.15, 0.2) is 11.5 Å². The number of likely N-dealkylation sites (N-methyl/N-ethyl adjacent to an activating group) is 1. The first kappa shape index (κ1) is 14.2. The Morgan fingerprint density at radius 2 is 2.30 bits per heavy atom. The fraction of sp³-hybridized carbons (Fsp3) is 0.417. The van der Waals surface area contributed by atoms with Gasteiger partial charge >= 0.3 is 0 Å². The molecular formula is C12H16FN5O2. The molecule has 108 valence electrons. The predicted molar refractivity (Wildman–Crippen MR) is 74.2 cm³/mol. The number of aliphatic hydroxyl groups is 1. The van der Waals surface area contributed by atoms with Gasteiger partial charge in [0.25, 0.3) is 0 Å². The van der Waals surface area contributed by atoms with E-state index < -0.39 is 11.9 Å². The van der Waals surface area contributed by atoms with Gasteiger partial charge in [-0.25, -0.2) is 4.39 Å². The normalized spacial score (nSPS) is 21.5. The highest BCUT2D eigenvalue weighted by atomic mass is 19.1. The van der Waals surface area contributed by atoms with Gasteiger partial charge < -0.3 is 20.5 Å². The maximum absolute atomic E-state index is 13.3. The quantitative estimate of drug-likeness (QED) is 0.793. The van der Waals surface area contributed by atoms with Crippen LogP contribution in [0.4, 0.5) is 21.8 Å². The van der Waals surface area contributed by atoms with Gasteiger partial charge in [0, 0.05) is 13.5 Å². The summed E-state index contributed by atoms with van der Waals surface area (Å²) in [5, 5.41) is 9.46. The second-order valence-corrected chi connectivity index (χ2v) is 4.40. The van der Waals surface area contributed by atoms with Gasteiger partial charge in [0.05, 0.1) is 13.2 Å². The lowest BCUT2D eigenvalue weighted by molar-refractivity contribution is 0.182. The first-order chi connectivity index (χ1) is 9.47. The number of hydrogen-bond donors (Lipinski definition) is 2. The largest absolute Gasteiger partial charge is 0.479 e. The highest BCUT2D eigenvalue weighted by Crippen LogP contribution is 2.37. The van der Waals surface area contributed by atoms with E-state index in [2.05, 4.69) is 21.7 Å².